The van der Waals surface area contributed by atoms with Gasteiger partial charge in [0.1, 0.15) is 12.0 Å². The molecule has 0 saturated carbocycles. The summed E-state index contributed by atoms with van der Waals surface area (Å²) in [6, 6.07) is 1.50. The molecule has 0 amide bonds. The molecule has 7 heteroatoms. The summed E-state index contributed by atoms with van der Waals surface area (Å²) >= 11 is 0. The fourth-order valence-corrected chi connectivity index (χ4v) is 3.30. The predicted octanol–water partition coefficient (Wildman–Crippen LogP) is 2.95. The zero-order chi connectivity index (χ0) is 15.5. The molecule has 1 saturated heterocycles. The Labute approximate surface area is 128 Å². The van der Waals surface area contributed by atoms with Crippen molar-refractivity contribution in [3.05, 3.63) is 23.8 Å². The third-order valence-electron chi connectivity index (χ3n) is 4.46. The number of fused-ring (bicyclic) bond motifs is 1. The maximum Gasteiger partial charge on any atom is 0.280 e. The van der Waals surface area contributed by atoms with Crippen LogP contribution in [0.3, 0.4) is 0 Å². The van der Waals surface area contributed by atoms with Crippen LogP contribution in [0.25, 0.3) is 5.78 Å². The van der Waals surface area contributed by atoms with Crippen molar-refractivity contribution in [3.8, 4) is 0 Å². The van der Waals surface area contributed by atoms with Crippen LogP contribution in [0.4, 0.5) is 8.78 Å². The van der Waals surface area contributed by atoms with Gasteiger partial charge in [0.2, 0.25) is 0 Å². The van der Waals surface area contributed by atoms with Gasteiger partial charge in [-0.3, -0.25) is 0 Å². The van der Waals surface area contributed by atoms with Crippen LogP contribution in [0.2, 0.25) is 0 Å². The first kappa shape index (κ1) is 15.3. The van der Waals surface area contributed by atoms with Gasteiger partial charge in [-0.15, -0.1) is 0 Å². The molecule has 1 aliphatic heterocycles. The van der Waals surface area contributed by atoms with Gasteiger partial charge in [0.05, 0.1) is 5.69 Å². The average molecular weight is 309 g/mol. The first-order chi connectivity index (χ1) is 10.7. The Balaban J connectivity index is 2.00. The number of hydrogen-bond donors (Lipinski definition) is 1. The SMILES string of the molecule is CCCC[C@@H]1CCNC[C@H]1c1cc(C(F)F)nc2ncnn12. The molecule has 3 rings (SSSR count). The Hall–Kier alpha value is -1.63. The highest BCUT2D eigenvalue weighted by Crippen LogP contribution is 2.34. The first-order valence-corrected chi connectivity index (χ1v) is 7.90. The highest BCUT2D eigenvalue weighted by Gasteiger charge is 2.29. The van der Waals surface area contributed by atoms with E-state index in [0.29, 0.717) is 5.92 Å². The van der Waals surface area contributed by atoms with Crippen LogP contribution < -0.4 is 5.32 Å². The van der Waals surface area contributed by atoms with E-state index < -0.39 is 6.43 Å². The zero-order valence-corrected chi connectivity index (χ0v) is 12.7. The van der Waals surface area contributed by atoms with E-state index in [1.807, 2.05) is 0 Å². The van der Waals surface area contributed by atoms with Gasteiger partial charge in [-0.1, -0.05) is 19.8 Å². The summed E-state index contributed by atoms with van der Waals surface area (Å²) < 4.78 is 27.8. The van der Waals surface area contributed by atoms with Crippen LogP contribution in [0.15, 0.2) is 12.4 Å². The molecule has 120 valence electrons. The van der Waals surface area contributed by atoms with E-state index in [9.17, 15) is 8.78 Å². The van der Waals surface area contributed by atoms with Crippen LogP contribution in [0.1, 0.15) is 56.3 Å². The maximum atomic E-state index is 13.1. The summed E-state index contributed by atoms with van der Waals surface area (Å²) in [7, 11) is 0. The lowest BCUT2D eigenvalue weighted by atomic mass is 9.80. The molecule has 0 radical (unpaired) electrons. The molecule has 3 heterocycles. The van der Waals surface area contributed by atoms with Crippen molar-refractivity contribution >= 4 is 5.78 Å². The summed E-state index contributed by atoms with van der Waals surface area (Å²) in [6.07, 6.45) is 3.27. The van der Waals surface area contributed by atoms with Crippen LogP contribution in [-0.2, 0) is 0 Å². The third-order valence-corrected chi connectivity index (χ3v) is 4.46. The summed E-state index contributed by atoms with van der Waals surface area (Å²) in [5.74, 6) is 0.916. The number of halogens is 2. The summed E-state index contributed by atoms with van der Waals surface area (Å²) in [4.78, 5) is 7.89. The molecule has 0 aromatic carbocycles. The van der Waals surface area contributed by atoms with Crippen molar-refractivity contribution in [2.45, 2.75) is 45.0 Å². The van der Waals surface area contributed by atoms with Gasteiger partial charge < -0.3 is 5.32 Å². The lowest BCUT2D eigenvalue weighted by Crippen LogP contribution is -2.36. The molecule has 0 bridgehead atoms. The molecular weight excluding hydrogens is 288 g/mol. The summed E-state index contributed by atoms with van der Waals surface area (Å²) in [5, 5.41) is 7.56. The smallest absolute Gasteiger partial charge is 0.280 e. The van der Waals surface area contributed by atoms with Crippen molar-refractivity contribution in [1.82, 2.24) is 24.9 Å². The van der Waals surface area contributed by atoms with E-state index in [4.69, 9.17) is 0 Å². The molecule has 2 aromatic rings. The number of unbranched alkanes of at least 4 members (excludes halogenated alkanes) is 1. The van der Waals surface area contributed by atoms with Crippen LogP contribution in [0.5, 0.6) is 0 Å². The van der Waals surface area contributed by atoms with Crippen molar-refractivity contribution < 1.29 is 8.78 Å². The average Bonchev–Trinajstić information content (AvgIpc) is 3.00. The lowest BCUT2D eigenvalue weighted by Gasteiger charge is -2.32. The molecule has 0 spiro atoms. The van der Waals surface area contributed by atoms with E-state index in [1.165, 1.54) is 12.4 Å². The molecule has 0 unspecified atom stereocenters. The van der Waals surface area contributed by atoms with Crippen LogP contribution in [-0.4, -0.2) is 32.7 Å². The number of aromatic nitrogens is 4. The Morgan fingerprint density at radius 1 is 1.45 bits per heavy atom. The predicted molar refractivity (Wildman–Crippen MR) is 79.0 cm³/mol. The number of piperidine rings is 1. The Morgan fingerprint density at radius 3 is 3.09 bits per heavy atom. The van der Waals surface area contributed by atoms with Gasteiger partial charge in [0, 0.05) is 12.5 Å². The van der Waals surface area contributed by atoms with E-state index in [2.05, 4.69) is 27.3 Å². The van der Waals surface area contributed by atoms with E-state index in [0.717, 1.165) is 44.5 Å². The Kier molecular flexibility index (Phi) is 4.61. The van der Waals surface area contributed by atoms with Crippen molar-refractivity contribution in [1.29, 1.82) is 0 Å². The highest BCUT2D eigenvalue weighted by atomic mass is 19.3. The van der Waals surface area contributed by atoms with Crippen molar-refractivity contribution in [2.75, 3.05) is 13.1 Å². The largest absolute Gasteiger partial charge is 0.316 e. The lowest BCUT2D eigenvalue weighted by molar-refractivity contribution is 0.145. The van der Waals surface area contributed by atoms with E-state index in [-0.39, 0.29) is 17.4 Å². The normalized spacial score (nSPS) is 22.5. The minimum Gasteiger partial charge on any atom is -0.316 e. The topological polar surface area (TPSA) is 55.1 Å². The monoisotopic (exact) mass is 309 g/mol. The van der Waals surface area contributed by atoms with Crippen LogP contribution in [0, 0.1) is 5.92 Å². The van der Waals surface area contributed by atoms with Gasteiger partial charge in [-0.25, -0.2) is 18.3 Å². The molecule has 1 fully saturated rings. The fraction of sp³-hybridized carbons (Fsp3) is 0.667. The van der Waals surface area contributed by atoms with Crippen molar-refractivity contribution in [3.63, 3.8) is 0 Å². The molecule has 2 atom stereocenters. The second-order valence-electron chi connectivity index (χ2n) is 5.88. The van der Waals surface area contributed by atoms with Crippen molar-refractivity contribution in [2.24, 2.45) is 5.92 Å². The minimum absolute atomic E-state index is 0.171. The second-order valence-corrected chi connectivity index (χ2v) is 5.88. The highest BCUT2D eigenvalue weighted by molar-refractivity contribution is 5.32. The number of alkyl halides is 2. The standard InChI is InChI=1S/C15H21F2N5/c1-2-3-4-10-5-6-18-8-11(10)13-7-12(14(16)17)21-15-19-9-20-22(13)15/h7,9-11,14,18H,2-6,8H2,1H3/t10-,11-/m1/s1. The van der Waals surface area contributed by atoms with Gasteiger partial charge in [0.25, 0.3) is 12.2 Å². The number of nitrogens with one attached hydrogen (secondary N) is 1. The van der Waals surface area contributed by atoms with E-state index in [1.54, 1.807) is 4.52 Å². The number of nitrogens with zero attached hydrogens (tertiary/aromatic N) is 4. The molecule has 0 aliphatic carbocycles. The first-order valence-electron chi connectivity index (χ1n) is 7.90. The van der Waals surface area contributed by atoms with Crippen LogP contribution >= 0.6 is 0 Å². The summed E-state index contributed by atoms with van der Waals surface area (Å²) in [6.45, 7) is 3.95. The summed E-state index contributed by atoms with van der Waals surface area (Å²) in [5.41, 5.74) is 0.585. The number of hydrogen-bond acceptors (Lipinski definition) is 4. The fourth-order valence-electron chi connectivity index (χ4n) is 3.30. The van der Waals surface area contributed by atoms with Gasteiger partial charge in [-0.2, -0.15) is 10.1 Å². The van der Waals surface area contributed by atoms with E-state index >= 15 is 0 Å². The zero-order valence-electron chi connectivity index (χ0n) is 12.7. The molecule has 22 heavy (non-hydrogen) atoms. The molecule has 5 nitrogen and oxygen atoms in total. The quantitative estimate of drug-likeness (QED) is 0.922. The maximum absolute atomic E-state index is 13.1. The Bertz CT molecular complexity index is 627. The third kappa shape index (κ3) is 2.95. The number of rotatable bonds is 5. The molecule has 2 aromatic heterocycles. The van der Waals surface area contributed by atoms with Gasteiger partial charge in [-0.05, 0) is 31.4 Å². The second kappa shape index (κ2) is 6.64. The minimum atomic E-state index is -2.59. The molecule has 1 N–H and O–H groups in total. The molecule has 1 aliphatic rings. The van der Waals surface area contributed by atoms with Gasteiger partial charge in [0.15, 0.2) is 0 Å². The van der Waals surface area contributed by atoms with Gasteiger partial charge >= 0.3 is 0 Å². The molecular formula is C15H21F2N5. The Morgan fingerprint density at radius 2 is 2.32 bits per heavy atom.